The van der Waals surface area contributed by atoms with Crippen LogP contribution >= 0.6 is 0 Å². The lowest BCUT2D eigenvalue weighted by atomic mass is 10.0. The molecule has 2 fully saturated rings. The molecular weight excluding hydrogens is 328 g/mol. The minimum atomic E-state index is -0.939. The lowest BCUT2D eigenvalue weighted by molar-refractivity contribution is -0.138. The summed E-state index contributed by atoms with van der Waals surface area (Å²) in [6, 6.07) is 6.96. The van der Waals surface area contributed by atoms with Gasteiger partial charge in [0.1, 0.15) is 5.75 Å². The van der Waals surface area contributed by atoms with Crippen molar-refractivity contribution in [1.82, 2.24) is 10.2 Å². The second kappa shape index (κ2) is 7.52. The predicted octanol–water partition coefficient (Wildman–Crippen LogP) is 0.792. The molecule has 2 saturated heterocycles. The first-order chi connectivity index (χ1) is 12.0. The number of nitrogens with one attached hydrogen (secondary N) is 1. The number of benzene rings is 1. The molecule has 8 nitrogen and oxygen atoms in total. The van der Waals surface area contributed by atoms with E-state index in [1.807, 2.05) is 12.1 Å². The van der Waals surface area contributed by atoms with Gasteiger partial charge in [-0.3, -0.25) is 14.9 Å². The average molecular weight is 348 g/mol. The van der Waals surface area contributed by atoms with Crippen LogP contribution in [-0.2, 0) is 20.7 Å². The van der Waals surface area contributed by atoms with E-state index in [1.165, 1.54) is 4.90 Å². The van der Waals surface area contributed by atoms with Crippen LogP contribution in [0.15, 0.2) is 24.3 Å². The van der Waals surface area contributed by atoms with E-state index in [-0.39, 0.29) is 18.4 Å². The third-order valence-electron chi connectivity index (χ3n) is 4.33. The standard InChI is InChI=1S/C17H20N2O6/c20-15-6-5-14(16(21)18-15)25-13-3-1-11(2-4-13)9-12-10-24-8-7-19(12)17(22)23/h1-4,12,14H,5-10H2,(H,22,23)(H,18,20,21). The van der Waals surface area contributed by atoms with Crippen molar-refractivity contribution in [3.63, 3.8) is 0 Å². The van der Waals surface area contributed by atoms with Gasteiger partial charge in [-0.15, -0.1) is 0 Å². The molecule has 0 spiro atoms. The number of hydrogen-bond donors (Lipinski definition) is 2. The van der Waals surface area contributed by atoms with Gasteiger partial charge in [0.25, 0.3) is 5.91 Å². The Morgan fingerprint density at radius 1 is 1.32 bits per heavy atom. The maximum atomic E-state index is 11.7. The van der Waals surface area contributed by atoms with Gasteiger partial charge in [-0.1, -0.05) is 12.1 Å². The second-order valence-electron chi connectivity index (χ2n) is 6.11. The van der Waals surface area contributed by atoms with Crippen molar-refractivity contribution in [3.8, 4) is 5.75 Å². The topological polar surface area (TPSA) is 105 Å². The summed E-state index contributed by atoms with van der Waals surface area (Å²) in [7, 11) is 0. The zero-order valence-electron chi connectivity index (χ0n) is 13.6. The summed E-state index contributed by atoms with van der Waals surface area (Å²) in [5.74, 6) is -0.164. The minimum absolute atomic E-state index is 0.215. The predicted molar refractivity (Wildman–Crippen MR) is 86.3 cm³/mol. The number of morpholine rings is 1. The molecule has 2 aliphatic rings. The number of carbonyl (C=O) groups is 3. The van der Waals surface area contributed by atoms with E-state index in [9.17, 15) is 19.5 Å². The maximum Gasteiger partial charge on any atom is 0.407 e. The molecule has 0 saturated carbocycles. The molecule has 2 unspecified atom stereocenters. The Morgan fingerprint density at radius 2 is 2.08 bits per heavy atom. The molecule has 3 rings (SSSR count). The van der Waals surface area contributed by atoms with Crippen molar-refractivity contribution in [2.45, 2.75) is 31.4 Å². The highest BCUT2D eigenvalue weighted by Gasteiger charge is 2.29. The van der Waals surface area contributed by atoms with Crippen molar-refractivity contribution in [3.05, 3.63) is 29.8 Å². The van der Waals surface area contributed by atoms with E-state index < -0.39 is 18.1 Å². The molecule has 0 aliphatic carbocycles. The Morgan fingerprint density at radius 3 is 2.76 bits per heavy atom. The number of carbonyl (C=O) groups excluding carboxylic acids is 2. The van der Waals surface area contributed by atoms with Gasteiger partial charge >= 0.3 is 6.09 Å². The summed E-state index contributed by atoms with van der Waals surface area (Å²) in [6.45, 7) is 1.17. The van der Waals surface area contributed by atoms with Gasteiger partial charge in [0.05, 0.1) is 19.3 Å². The maximum absolute atomic E-state index is 11.7. The molecule has 0 bridgehead atoms. The van der Waals surface area contributed by atoms with E-state index in [0.717, 1.165) is 5.56 Å². The monoisotopic (exact) mass is 348 g/mol. The first kappa shape index (κ1) is 17.2. The van der Waals surface area contributed by atoms with Crippen LogP contribution in [0.5, 0.6) is 5.75 Å². The van der Waals surface area contributed by atoms with Crippen molar-refractivity contribution in [2.75, 3.05) is 19.8 Å². The van der Waals surface area contributed by atoms with Crippen LogP contribution < -0.4 is 10.1 Å². The fraction of sp³-hybridized carbons (Fsp3) is 0.471. The lowest BCUT2D eigenvalue weighted by Gasteiger charge is -2.33. The zero-order chi connectivity index (χ0) is 17.8. The molecule has 1 aromatic rings. The first-order valence-electron chi connectivity index (χ1n) is 8.19. The van der Waals surface area contributed by atoms with Crippen molar-refractivity contribution in [2.24, 2.45) is 0 Å². The first-order valence-corrected chi connectivity index (χ1v) is 8.19. The van der Waals surface area contributed by atoms with Crippen molar-refractivity contribution in [1.29, 1.82) is 0 Å². The SMILES string of the molecule is O=C1CCC(Oc2ccc(CC3COCCN3C(=O)O)cc2)C(=O)N1. The number of ether oxygens (including phenoxy) is 2. The Kier molecular flexibility index (Phi) is 5.18. The average Bonchev–Trinajstić information content (AvgIpc) is 2.59. The molecule has 2 heterocycles. The van der Waals surface area contributed by atoms with E-state index >= 15 is 0 Å². The molecule has 1 aromatic carbocycles. The third kappa shape index (κ3) is 4.27. The highest BCUT2D eigenvalue weighted by Crippen LogP contribution is 2.20. The van der Waals surface area contributed by atoms with Crippen LogP contribution in [0.1, 0.15) is 18.4 Å². The van der Waals surface area contributed by atoms with E-state index in [0.29, 0.717) is 38.3 Å². The fourth-order valence-electron chi connectivity index (χ4n) is 3.00. The smallest absolute Gasteiger partial charge is 0.407 e. The number of amides is 3. The number of hydrogen-bond acceptors (Lipinski definition) is 5. The van der Waals surface area contributed by atoms with Gasteiger partial charge in [-0.2, -0.15) is 0 Å². The number of rotatable bonds is 4. The van der Waals surface area contributed by atoms with Gasteiger partial charge in [0.2, 0.25) is 5.91 Å². The van der Waals surface area contributed by atoms with Crippen molar-refractivity contribution >= 4 is 17.9 Å². The summed E-state index contributed by atoms with van der Waals surface area (Å²) in [5, 5.41) is 11.5. The number of imide groups is 1. The van der Waals surface area contributed by atoms with Crippen LogP contribution in [0.4, 0.5) is 4.79 Å². The normalized spacial score (nSPS) is 23.9. The van der Waals surface area contributed by atoms with Gasteiger partial charge in [-0.25, -0.2) is 4.79 Å². The number of piperidine rings is 1. The molecule has 134 valence electrons. The van der Waals surface area contributed by atoms with Crippen molar-refractivity contribution < 1.29 is 29.0 Å². The molecule has 0 aromatic heterocycles. The van der Waals surface area contributed by atoms with E-state index in [2.05, 4.69) is 5.32 Å². The molecule has 2 atom stereocenters. The van der Waals surface area contributed by atoms with Gasteiger partial charge in [0.15, 0.2) is 6.10 Å². The Balaban J connectivity index is 1.59. The Bertz CT molecular complexity index is 660. The Hall–Kier alpha value is -2.61. The van der Waals surface area contributed by atoms with Gasteiger partial charge < -0.3 is 19.5 Å². The zero-order valence-corrected chi connectivity index (χ0v) is 13.6. The second-order valence-corrected chi connectivity index (χ2v) is 6.11. The number of carboxylic acid groups (broad SMARTS) is 1. The van der Waals surface area contributed by atoms with Crippen LogP contribution in [0.25, 0.3) is 0 Å². The largest absolute Gasteiger partial charge is 0.481 e. The third-order valence-corrected chi connectivity index (χ3v) is 4.33. The highest BCUT2D eigenvalue weighted by atomic mass is 16.5. The lowest BCUT2D eigenvalue weighted by Crippen LogP contribution is -2.49. The summed E-state index contributed by atoms with van der Waals surface area (Å²) < 4.78 is 11.0. The van der Waals surface area contributed by atoms with Gasteiger partial charge in [-0.05, 0) is 24.1 Å². The van der Waals surface area contributed by atoms with Crippen LogP contribution in [0.3, 0.4) is 0 Å². The molecule has 3 amide bonds. The molecular formula is C17H20N2O6. The molecule has 8 heteroatoms. The molecule has 2 N–H and O–H groups in total. The van der Waals surface area contributed by atoms with Crippen LogP contribution in [0, 0.1) is 0 Å². The Labute approximate surface area is 144 Å². The quantitative estimate of drug-likeness (QED) is 0.780. The highest BCUT2D eigenvalue weighted by molar-refractivity contribution is 5.99. The van der Waals surface area contributed by atoms with E-state index in [1.54, 1.807) is 12.1 Å². The minimum Gasteiger partial charge on any atom is -0.481 e. The molecule has 2 aliphatic heterocycles. The fourth-order valence-corrected chi connectivity index (χ4v) is 3.00. The molecule has 25 heavy (non-hydrogen) atoms. The summed E-state index contributed by atoms with van der Waals surface area (Å²) >= 11 is 0. The summed E-state index contributed by atoms with van der Waals surface area (Å²) in [5.41, 5.74) is 0.956. The van der Waals surface area contributed by atoms with Crippen LogP contribution in [-0.4, -0.2) is 59.8 Å². The van der Waals surface area contributed by atoms with Crippen LogP contribution in [0.2, 0.25) is 0 Å². The molecule has 0 radical (unpaired) electrons. The van der Waals surface area contributed by atoms with E-state index in [4.69, 9.17) is 9.47 Å². The number of nitrogens with zero attached hydrogens (tertiary/aromatic N) is 1. The summed E-state index contributed by atoms with van der Waals surface area (Å²) in [6.07, 6.45) is -0.435. The summed E-state index contributed by atoms with van der Waals surface area (Å²) in [4.78, 5) is 35.5. The van der Waals surface area contributed by atoms with Gasteiger partial charge in [0, 0.05) is 19.4 Å².